The van der Waals surface area contributed by atoms with Crippen LogP contribution in [-0.4, -0.2) is 47.4 Å². The summed E-state index contributed by atoms with van der Waals surface area (Å²) in [6.45, 7) is 4.16. The zero-order valence-corrected chi connectivity index (χ0v) is 11.0. The molecule has 5 heteroatoms. The first-order chi connectivity index (χ1) is 7.65. The van der Waals surface area contributed by atoms with Crippen molar-refractivity contribution in [2.45, 2.75) is 38.8 Å². The lowest BCUT2D eigenvalue weighted by Crippen LogP contribution is -2.61. The number of hydrogen-bond acceptors (Lipinski definition) is 3. The Bertz CT molecular complexity index is 271. The SMILES string of the molecule is CCC(CSC)N1C(=O)CNC(=O)C1CC. The highest BCUT2D eigenvalue weighted by atomic mass is 32.2. The van der Waals surface area contributed by atoms with Crippen LogP contribution in [0.1, 0.15) is 26.7 Å². The van der Waals surface area contributed by atoms with E-state index in [0.717, 1.165) is 12.2 Å². The number of nitrogens with zero attached hydrogens (tertiary/aromatic N) is 1. The maximum Gasteiger partial charge on any atom is 0.243 e. The maximum absolute atomic E-state index is 11.9. The van der Waals surface area contributed by atoms with Gasteiger partial charge in [-0.15, -0.1) is 0 Å². The average molecular weight is 244 g/mol. The third-order valence-electron chi connectivity index (χ3n) is 2.95. The second-order valence-electron chi connectivity index (χ2n) is 3.96. The van der Waals surface area contributed by atoms with Crippen LogP contribution in [0.5, 0.6) is 0 Å². The van der Waals surface area contributed by atoms with Crippen LogP contribution in [0.15, 0.2) is 0 Å². The Hall–Kier alpha value is -0.710. The summed E-state index contributed by atoms with van der Waals surface area (Å²) in [4.78, 5) is 25.4. The van der Waals surface area contributed by atoms with Crippen LogP contribution in [0.25, 0.3) is 0 Å². The zero-order valence-electron chi connectivity index (χ0n) is 10.2. The fraction of sp³-hybridized carbons (Fsp3) is 0.818. The molecule has 1 rings (SSSR count). The number of hydrogen-bond donors (Lipinski definition) is 1. The fourth-order valence-electron chi connectivity index (χ4n) is 2.10. The average Bonchev–Trinajstić information content (AvgIpc) is 2.29. The molecule has 0 bridgehead atoms. The van der Waals surface area contributed by atoms with Crippen molar-refractivity contribution in [2.24, 2.45) is 0 Å². The van der Waals surface area contributed by atoms with E-state index in [2.05, 4.69) is 12.2 Å². The summed E-state index contributed by atoms with van der Waals surface area (Å²) in [5.41, 5.74) is 0. The Morgan fingerprint density at radius 2 is 2.19 bits per heavy atom. The highest BCUT2D eigenvalue weighted by Gasteiger charge is 2.36. The van der Waals surface area contributed by atoms with Gasteiger partial charge in [0.1, 0.15) is 6.04 Å². The first kappa shape index (κ1) is 13.4. The molecular weight excluding hydrogens is 224 g/mol. The molecule has 0 aromatic rings. The largest absolute Gasteiger partial charge is 0.345 e. The molecule has 1 aliphatic heterocycles. The lowest BCUT2D eigenvalue weighted by atomic mass is 10.1. The van der Waals surface area contributed by atoms with E-state index in [1.54, 1.807) is 16.7 Å². The quantitative estimate of drug-likeness (QED) is 0.780. The van der Waals surface area contributed by atoms with Crippen LogP contribution >= 0.6 is 11.8 Å². The van der Waals surface area contributed by atoms with E-state index in [0.29, 0.717) is 6.42 Å². The Labute approximate surface area is 101 Å². The zero-order chi connectivity index (χ0) is 12.1. The number of piperazine rings is 1. The summed E-state index contributed by atoms with van der Waals surface area (Å²) in [6.07, 6.45) is 3.61. The molecular formula is C11H20N2O2S. The third-order valence-corrected chi connectivity index (χ3v) is 3.67. The van der Waals surface area contributed by atoms with Gasteiger partial charge < -0.3 is 10.2 Å². The second kappa shape index (κ2) is 6.13. The monoisotopic (exact) mass is 244 g/mol. The Morgan fingerprint density at radius 1 is 1.50 bits per heavy atom. The van der Waals surface area contributed by atoms with Crippen molar-refractivity contribution in [2.75, 3.05) is 18.6 Å². The molecule has 1 saturated heterocycles. The van der Waals surface area contributed by atoms with Gasteiger partial charge in [0, 0.05) is 11.8 Å². The number of carbonyl (C=O) groups excluding carboxylic acids is 2. The molecule has 16 heavy (non-hydrogen) atoms. The second-order valence-corrected chi connectivity index (χ2v) is 4.87. The summed E-state index contributed by atoms with van der Waals surface area (Å²) in [5.74, 6) is 0.931. The molecule has 0 radical (unpaired) electrons. The van der Waals surface area contributed by atoms with Crippen molar-refractivity contribution in [3.05, 3.63) is 0 Å². The Balaban J connectivity index is 2.85. The Morgan fingerprint density at radius 3 is 2.69 bits per heavy atom. The highest BCUT2D eigenvalue weighted by Crippen LogP contribution is 2.18. The summed E-state index contributed by atoms with van der Waals surface area (Å²) in [5, 5.41) is 2.65. The summed E-state index contributed by atoms with van der Waals surface area (Å²) >= 11 is 1.72. The smallest absolute Gasteiger partial charge is 0.243 e. The molecule has 2 unspecified atom stereocenters. The van der Waals surface area contributed by atoms with Crippen LogP contribution in [0.2, 0.25) is 0 Å². The van der Waals surface area contributed by atoms with Crippen LogP contribution < -0.4 is 5.32 Å². The summed E-state index contributed by atoms with van der Waals surface area (Å²) in [7, 11) is 0. The van der Waals surface area contributed by atoms with E-state index in [9.17, 15) is 9.59 Å². The van der Waals surface area contributed by atoms with Crippen LogP contribution in [-0.2, 0) is 9.59 Å². The molecule has 1 fully saturated rings. The molecule has 0 aromatic heterocycles. The van der Waals surface area contributed by atoms with E-state index in [1.165, 1.54) is 0 Å². The van der Waals surface area contributed by atoms with Gasteiger partial charge in [0.2, 0.25) is 11.8 Å². The van der Waals surface area contributed by atoms with E-state index in [1.807, 2.05) is 13.2 Å². The van der Waals surface area contributed by atoms with Gasteiger partial charge in [0.15, 0.2) is 0 Å². The highest BCUT2D eigenvalue weighted by molar-refractivity contribution is 7.98. The summed E-state index contributed by atoms with van der Waals surface area (Å²) < 4.78 is 0. The molecule has 2 amide bonds. The van der Waals surface area contributed by atoms with Gasteiger partial charge in [-0.2, -0.15) is 11.8 Å². The first-order valence-electron chi connectivity index (χ1n) is 5.73. The number of amides is 2. The van der Waals surface area contributed by atoms with Gasteiger partial charge in [-0.3, -0.25) is 9.59 Å². The minimum atomic E-state index is -0.279. The first-order valence-corrected chi connectivity index (χ1v) is 7.12. The molecule has 0 aromatic carbocycles. The molecule has 92 valence electrons. The van der Waals surface area contributed by atoms with Crippen molar-refractivity contribution in [1.82, 2.24) is 10.2 Å². The van der Waals surface area contributed by atoms with Gasteiger partial charge in [0.05, 0.1) is 6.54 Å². The molecule has 1 N–H and O–H groups in total. The van der Waals surface area contributed by atoms with E-state index in [4.69, 9.17) is 0 Å². The van der Waals surface area contributed by atoms with Gasteiger partial charge in [0.25, 0.3) is 0 Å². The third kappa shape index (κ3) is 2.70. The lowest BCUT2D eigenvalue weighted by Gasteiger charge is -2.39. The minimum absolute atomic E-state index is 0.0124. The fourth-order valence-corrected chi connectivity index (χ4v) is 2.88. The number of thioether (sulfide) groups is 1. The molecule has 0 aliphatic carbocycles. The molecule has 0 spiro atoms. The molecule has 1 aliphatic rings. The van der Waals surface area contributed by atoms with E-state index in [-0.39, 0.29) is 30.4 Å². The van der Waals surface area contributed by atoms with Gasteiger partial charge in [-0.25, -0.2) is 0 Å². The standard InChI is InChI=1S/C11H20N2O2S/c1-4-8(7-16-3)13-9(5-2)11(15)12-6-10(13)14/h8-9H,4-7H2,1-3H3,(H,12,15). The van der Waals surface area contributed by atoms with Crippen molar-refractivity contribution < 1.29 is 9.59 Å². The maximum atomic E-state index is 11.9. The summed E-state index contributed by atoms with van der Waals surface area (Å²) in [6, 6.07) is -0.100. The van der Waals surface area contributed by atoms with Gasteiger partial charge >= 0.3 is 0 Å². The van der Waals surface area contributed by atoms with Crippen LogP contribution in [0, 0.1) is 0 Å². The van der Waals surface area contributed by atoms with Crippen LogP contribution in [0.3, 0.4) is 0 Å². The van der Waals surface area contributed by atoms with Gasteiger partial charge in [-0.1, -0.05) is 13.8 Å². The molecule has 1 heterocycles. The Kier molecular flexibility index (Phi) is 5.12. The van der Waals surface area contributed by atoms with Crippen LogP contribution in [0.4, 0.5) is 0 Å². The van der Waals surface area contributed by atoms with Crippen molar-refractivity contribution in [1.29, 1.82) is 0 Å². The molecule has 2 atom stereocenters. The van der Waals surface area contributed by atoms with E-state index >= 15 is 0 Å². The van der Waals surface area contributed by atoms with E-state index < -0.39 is 0 Å². The number of carbonyl (C=O) groups is 2. The molecule has 0 saturated carbocycles. The van der Waals surface area contributed by atoms with Crippen molar-refractivity contribution in [3.8, 4) is 0 Å². The predicted octanol–water partition coefficient (Wildman–Crippen LogP) is 0.865. The minimum Gasteiger partial charge on any atom is -0.345 e. The normalized spacial score (nSPS) is 23.2. The van der Waals surface area contributed by atoms with Gasteiger partial charge in [-0.05, 0) is 19.1 Å². The van der Waals surface area contributed by atoms with Crippen molar-refractivity contribution in [3.63, 3.8) is 0 Å². The lowest BCUT2D eigenvalue weighted by molar-refractivity contribution is -0.148. The number of nitrogens with one attached hydrogen (secondary N) is 1. The van der Waals surface area contributed by atoms with Crippen molar-refractivity contribution >= 4 is 23.6 Å². The topological polar surface area (TPSA) is 49.4 Å². The predicted molar refractivity (Wildman–Crippen MR) is 66.4 cm³/mol. The molecule has 4 nitrogen and oxygen atoms in total. The number of rotatable bonds is 5.